The molecule has 0 saturated heterocycles. The number of carboxylic acid groups (broad SMARTS) is 1. The number of aryl methyl sites for hydroxylation is 1. The normalized spacial score (nSPS) is 20.3. The Bertz CT molecular complexity index is 760. The number of aliphatic hydroxyl groups is 3. The average molecular weight is 402 g/mol. The monoisotopic (exact) mass is 402 g/mol. The molecule has 6 heteroatoms. The Morgan fingerprint density at radius 2 is 2.17 bits per heavy atom. The number of rotatable bonds is 10. The van der Waals surface area contributed by atoms with Crippen LogP contribution in [-0.2, 0) is 4.79 Å². The van der Waals surface area contributed by atoms with Crippen LogP contribution >= 0.6 is 0 Å². The van der Waals surface area contributed by atoms with Gasteiger partial charge in [-0.15, -0.1) is 5.73 Å². The Kier molecular flexibility index (Phi) is 8.68. The quantitative estimate of drug-likeness (QED) is 0.207. The van der Waals surface area contributed by atoms with Gasteiger partial charge in [-0.3, -0.25) is 0 Å². The molecule has 4 N–H and O–H groups in total. The lowest BCUT2D eigenvalue weighted by Crippen LogP contribution is -2.48. The van der Waals surface area contributed by atoms with Crippen molar-refractivity contribution in [3.63, 3.8) is 0 Å². The summed E-state index contributed by atoms with van der Waals surface area (Å²) in [4.78, 5) is 10.7. The van der Waals surface area contributed by atoms with Crippen LogP contribution < -0.4 is 4.74 Å². The van der Waals surface area contributed by atoms with E-state index < -0.39 is 17.9 Å². The van der Waals surface area contributed by atoms with Gasteiger partial charge >= 0.3 is 5.97 Å². The Balaban J connectivity index is 1.77. The van der Waals surface area contributed by atoms with Gasteiger partial charge in [0, 0.05) is 0 Å². The summed E-state index contributed by atoms with van der Waals surface area (Å²) in [5.41, 5.74) is 3.84. The van der Waals surface area contributed by atoms with Crippen molar-refractivity contribution in [2.45, 2.75) is 50.9 Å². The summed E-state index contributed by atoms with van der Waals surface area (Å²) >= 11 is 0. The molecule has 2 rings (SSSR count). The molecule has 29 heavy (non-hydrogen) atoms. The van der Waals surface area contributed by atoms with Crippen molar-refractivity contribution in [2.24, 2.45) is 11.8 Å². The highest BCUT2D eigenvalue weighted by Gasteiger charge is 2.40. The number of hydrogen-bond acceptors (Lipinski definition) is 5. The van der Waals surface area contributed by atoms with Crippen molar-refractivity contribution >= 4 is 5.97 Å². The summed E-state index contributed by atoms with van der Waals surface area (Å²) in [6, 6.07) is 7.98. The van der Waals surface area contributed by atoms with Crippen LogP contribution in [-0.4, -0.2) is 44.9 Å². The minimum atomic E-state index is -3.21. The molecule has 0 aliphatic heterocycles. The largest absolute Gasteiger partial charge is 0.493 e. The molecule has 0 aromatic heterocycles. The standard InChI is InChI=1S/C23H30O6/c1-17-8-6-13-20(16-17)29-15-5-4-10-19-12-7-11-18(19)9-2-3-14-21(24)23(27,28)22(25)26/h2,4,6,8,10,13-14,16,18-19,21,24,27-28H,5,7,9,11-12,15H2,1H3,(H,25,26)/b10-4+/t3?,18-,19-,21?/m0/s1. The minimum Gasteiger partial charge on any atom is -0.493 e. The number of carboxylic acids is 1. The van der Waals surface area contributed by atoms with Crippen molar-refractivity contribution in [1.82, 2.24) is 0 Å². The zero-order valence-corrected chi connectivity index (χ0v) is 16.7. The van der Waals surface area contributed by atoms with E-state index >= 15 is 0 Å². The molecular formula is C23H30O6. The summed E-state index contributed by atoms with van der Waals surface area (Å²) < 4.78 is 5.75. The first kappa shape index (κ1) is 22.9. The fraction of sp³-hybridized carbons (Fsp3) is 0.478. The molecule has 1 saturated carbocycles. The predicted molar refractivity (Wildman–Crippen MR) is 109 cm³/mol. The number of carbonyl (C=O) groups is 1. The van der Waals surface area contributed by atoms with Crippen LogP contribution in [0, 0.1) is 18.8 Å². The minimum absolute atomic E-state index is 0.453. The van der Waals surface area contributed by atoms with Gasteiger partial charge in [0.1, 0.15) is 11.9 Å². The lowest BCUT2D eigenvalue weighted by molar-refractivity contribution is -0.227. The van der Waals surface area contributed by atoms with Gasteiger partial charge in [-0.1, -0.05) is 30.7 Å². The maximum Gasteiger partial charge on any atom is 0.367 e. The fourth-order valence-electron chi connectivity index (χ4n) is 3.45. The average Bonchev–Trinajstić information content (AvgIpc) is 3.12. The molecule has 158 valence electrons. The van der Waals surface area contributed by atoms with Crippen LogP contribution in [0.15, 0.2) is 54.3 Å². The van der Waals surface area contributed by atoms with Crippen molar-refractivity contribution in [2.75, 3.05) is 6.61 Å². The lowest BCUT2D eigenvalue weighted by Gasteiger charge is -2.19. The van der Waals surface area contributed by atoms with Gasteiger partial charge in [-0.2, -0.15) is 0 Å². The lowest BCUT2D eigenvalue weighted by atomic mass is 9.92. The highest BCUT2D eigenvalue weighted by molar-refractivity contribution is 5.76. The van der Waals surface area contributed by atoms with Gasteiger partial charge in [0.15, 0.2) is 0 Å². The predicted octanol–water partition coefficient (Wildman–Crippen LogP) is 2.96. The zero-order chi connectivity index (χ0) is 21.3. The number of aliphatic carboxylic acids is 1. The first-order valence-corrected chi connectivity index (χ1v) is 9.94. The van der Waals surface area contributed by atoms with Crippen molar-refractivity contribution in [1.29, 1.82) is 0 Å². The van der Waals surface area contributed by atoms with Gasteiger partial charge in [-0.25, -0.2) is 4.79 Å². The molecule has 0 radical (unpaired) electrons. The molecule has 1 aromatic carbocycles. The van der Waals surface area contributed by atoms with Crippen LogP contribution in [0.2, 0.25) is 0 Å². The smallest absolute Gasteiger partial charge is 0.367 e. The topological polar surface area (TPSA) is 107 Å². The van der Waals surface area contributed by atoms with E-state index in [9.17, 15) is 20.1 Å². The van der Waals surface area contributed by atoms with Crippen molar-refractivity contribution in [3.8, 4) is 5.75 Å². The summed E-state index contributed by atoms with van der Waals surface area (Å²) in [5, 5.41) is 36.6. The second-order valence-electron chi connectivity index (χ2n) is 7.49. The molecule has 0 bridgehead atoms. The van der Waals surface area contributed by atoms with E-state index in [0.29, 0.717) is 18.4 Å². The molecule has 1 fully saturated rings. The Morgan fingerprint density at radius 3 is 2.90 bits per heavy atom. The van der Waals surface area contributed by atoms with Gasteiger partial charge < -0.3 is 25.2 Å². The van der Waals surface area contributed by atoms with Crippen molar-refractivity contribution in [3.05, 3.63) is 59.9 Å². The summed E-state index contributed by atoms with van der Waals surface area (Å²) in [6.45, 7) is 2.67. The molecule has 6 nitrogen and oxygen atoms in total. The van der Waals surface area contributed by atoms with E-state index in [1.807, 2.05) is 31.2 Å². The molecule has 1 aliphatic carbocycles. The van der Waals surface area contributed by atoms with Crippen LogP contribution in [0.3, 0.4) is 0 Å². The highest BCUT2D eigenvalue weighted by Crippen LogP contribution is 2.35. The van der Waals surface area contributed by atoms with Crippen LogP contribution in [0.1, 0.15) is 37.7 Å². The van der Waals surface area contributed by atoms with Crippen LogP contribution in [0.25, 0.3) is 0 Å². The molecule has 0 amide bonds. The number of hydrogen-bond donors (Lipinski definition) is 4. The van der Waals surface area contributed by atoms with E-state index in [-0.39, 0.29) is 0 Å². The van der Waals surface area contributed by atoms with Gasteiger partial charge in [0.25, 0.3) is 5.79 Å². The second-order valence-corrected chi connectivity index (χ2v) is 7.49. The SMILES string of the molecule is Cc1cccc(OCC/C=C/[C@H]2CCC[C@@H]2CC=C=CC(O)C(O)(O)C(=O)O)c1. The van der Waals surface area contributed by atoms with E-state index in [0.717, 1.165) is 43.9 Å². The number of benzene rings is 1. The van der Waals surface area contributed by atoms with Crippen LogP contribution in [0.4, 0.5) is 0 Å². The van der Waals surface area contributed by atoms with Gasteiger partial charge in [0.2, 0.25) is 0 Å². The molecular weight excluding hydrogens is 372 g/mol. The molecule has 0 heterocycles. The second kappa shape index (κ2) is 11.0. The maximum absolute atomic E-state index is 10.7. The molecule has 3 atom stereocenters. The molecule has 1 aromatic rings. The Hall–Kier alpha value is -2.37. The fourth-order valence-corrected chi connectivity index (χ4v) is 3.45. The zero-order valence-electron chi connectivity index (χ0n) is 16.7. The molecule has 0 spiro atoms. The first-order valence-electron chi connectivity index (χ1n) is 9.94. The van der Waals surface area contributed by atoms with Crippen LogP contribution in [0.5, 0.6) is 5.75 Å². The molecule has 1 aliphatic rings. The third-order valence-corrected chi connectivity index (χ3v) is 5.16. The Labute approximate surface area is 171 Å². The van der Waals surface area contributed by atoms with E-state index in [4.69, 9.17) is 9.84 Å². The van der Waals surface area contributed by atoms with Gasteiger partial charge in [-0.05, 0) is 74.3 Å². The van der Waals surface area contributed by atoms with Crippen molar-refractivity contribution < 1.29 is 30.0 Å². The third-order valence-electron chi connectivity index (χ3n) is 5.16. The summed E-state index contributed by atoms with van der Waals surface area (Å²) in [7, 11) is 0. The van der Waals surface area contributed by atoms with E-state index in [1.165, 1.54) is 5.56 Å². The maximum atomic E-state index is 10.7. The summed E-state index contributed by atoms with van der Waals surface area (Å²) in [5.74, 6) is -3.32. The molecule has 1 unspecified atom stereocenters. The summed E-state index contributed by atoms with van der Waals surface area (Å²) in [6.07, 6.45) is 10.0. The van der Waals surface area contributed by atoms with E-state index in [1.54, 1.807) is 6.08 Å². The first-order chi connectivity index (χ1) is 13.8. The number of aliphatic hydroxyl groups excluding tert-OH is 1. The number of ether oxygens (including phenoxy) is 1. The highest BCUT2D eigenvalue weighted by atomic mass is 16.6. The van der Waals surface area contributed by atoms with E-state index in [2.05, 4.69) is 17.9 Å². The third kappa shape index (κ3) is 7.18. The number of allylic oxidation sites excluding steroid dienone is 1. The van der Waals surface area contributed by atoms with Gasteiger partial charge in [0.05, 0.1) is 6.61 Å². The Morgan fingerprint density at radius 1 is 1.38 bits per heavy atom.